The first kappa shape index (κ1) is 11.0. The fourth-order valence-electron chi connectivity index (χ4n) is 1.31. The first-order valence-corrected chi connectivity index (χ1v) is 4.45. The van der Waals surface area contributed by atoms with Crippen LogP contribution in [0.3, 0.4) is 0 Å². The number of hydrogen-bond acceptors (Lipinski definition) is 4. The van der Waals surface area contributed by atoms with Gasteiger partial charge in [0.05, 0.1) is 0 Å². The van der Waals surface area contributed by atoms with E-state index in [1.165, 1.54) is 0 Å². The molecule has 1 aromatic heterocycles. The molecule has 0 fully saturated rings. The van der Waals surface area contributed by atoms with Crippen molar-refractivity contribution in [3.05, 3.63) is 42.0 Å². The lowest BCUT2D eigenvalue weighted by Gasteiger charge is -2.06. The zero-order chi connectivity index (χ0) is 12.4. The van der Waals surface area contributed by atoms with E-state index in [0.717, 1.165) is 29.5 Å². The quantitative estimate of drug-likeness (QED) is 0.348. The summed E-state index contributed by atoms with van der Waals surface area (Å²) in [5.74, 6) is -2.16. The van der Waals surface area contributed by atoms with Gasteiger partial charge in [0.25, 0.3) is 0 Å². The molecule has 17 heavy (non-hydrogen) atoms. The molecule has 6 nitrogen and oxygen atoms in total. The van der Waals surface area contributed by atoms with Crippen molar-refractivity contribution in [3.8, 4) is 5.69 Å². The minimum Gasteiger partial charge on any atom is -0.409 e. The van der Waals surface area contributed by atoms with Crippen LogP contribution in [0.4, 0.5) is 8.78 Å². The highest BCUT2D eigenvalue weighted by atomic mass is 19.1. The van der Waals surface area contributed by atoms with Crippen molar-refractivity contribution < 1.29 is 14.0 Å². The van der Waals surface area contributed by atoms with Crippen LogP contribution in [0.2, 0.25) is 0 Å². The van der Waals surface area contributed by atoms with Gasteiger partial charge in [-0.05, 0) is 12.1 Å². The van der Waals surface area contributed by atoms with E-state index in [1.54, 1.807) is 0 Å². The summed E-state index contributed by atoms with van der Waals surface area (Å²) in [6, 6.07) is 1.88. The third-order valence-corrected chi connectivity index (χ3v) is 2.07. The Balaban J connectivity index is 2.58. The summed E-state index contributed by atoms with van der Waals surface area (Å²) in [5, 5.41) is 14.7. The summed E-state index contributed by atoms with van der Waals surface area (Å²) in [6.45, 7) is 0. The molecule has 8 heteroatoms. The van der Waals surface area contributed by atoms with E-state index in [2.05, 4.69) is 15.2 Å². The van der Waals surface area contributed by atoms with Crippen LogP contribution in [0.1, 0.15) is 5.56 Å². The van der Waals surface area contributed by atoms with E-state index in [-0.39, 0.29) is 17.1 Å². The number of benzene rings is 1. The zero-order valence-corrected chi connectivity index (χ0v) is 8.38. The highest BCUT2D eigenvalue weighted by Crippen LogP contribution is 2.18. The molecule has 2 rings (SSSR count). The van der Waals surface area contributed by atoms with Crippen molar-refractivity contribution in [2.24, 2.45) is 10.9 Å². The standard InChI is InChI=1S/C9H7F2N5O/c10-6-1-5(9(12)15-17)2-7(11)8(6)16-4-13-3-14-16/h1-4,17H,(H2,12,15). The molecule has 1 aromatic carbocycles. The van der Waals surface area contributed by atoms with Gasteiger partial charge in [-0.25, -0.2) is 18.4 Å². The molecule has 0 unspecified atom stereocenters. The minimum atomic E-state index is -0.892. The zero-order valence-electron chi connectivity index (χ0n) is 8.38. The van der Waals surface area contributed by atoms with Gasteiger partial charge < -0.3 is 10.9 Å². The topological polar surface area (TPSA) is 89.3 Å². The molecule has 0 radical (unpaired) electrons. The predicted octanol–water partition coefficient (Wildman–Crippen LogP) is 0.640. The summed E-state index contributed by atoms with van der Waals surface area (Å²) >= 11 is 0. The van der Waals surface area contributed by atoms with Crippen molar-refractivity contribution in [1.82, 2.24) is 14.8 Å². The summed E-state index contributed by atoms with van der Waals surface area (Å²) in [6.07, 6.45) is 2.31. The number of nitrogens with zero attached hydrogens (tertiary/aromatic N) is 4. The summed E-state index contributed by atoms with van der Waals surface area (Å²) in [4.78, 5) is 3.58. The second-order valence-electron chi connectivity index (χ2n) is 3.11. The van der Waals surface area contributed by atoms with Crippen LogP contribution in [0, 0.1) is 11.6 Å². The monoisotopic (exact) mass is 239 g/mol. The van der Waals surface area contributed by atoms with Gasteiger partial charge >= 0.3 is 0 Å². The summed E-state index contributed by atoms with van der Waals surface area (Å²) in [5.41, 5.74) is 4.79. The third-order valence-electron chi connectivity index (χ3n) is 2.07. The minimum absolute atomic E-state index is 0.0636. The SMILES string of the molecule is N/C(=N/O)c1cc(F)c(-n2cncn2)c(F)c1. The van der Waals surface area contributed by atoms with Gasteiger partial charge in [-0.3, -0.25) is 0 Å². The van der Waals surface area contributed by atoms with Gasteiger partial charge in [0.1, 0.15) is 18.3 Å². The average molecular weight is 239 g/mol. The van der Waals surface area contributed by atoms with Crippen LogP contribution < -0.4 is 5.73 Å². The van der Waals surface area contributed by atoms with Crippen LogP contribution in [-0.4, -0.2) is 25.8 Å². The molecule has 0 aliphatic rings. The van der Waals surface area contributed by atoms with E-state index in [9.17, 15) is 8.78 Å². The van der Waals surface area contributed by atoms with Crippen molar-refractivity contribution in [2.45, 2.75) is 0 Å². The molecule has 0 amide bonds. The average Bonchev–Trinajstić information content (AvgIpc) is 2.80. The second-order valence-corrected chi connectivity index (χ2v) is 3.11. The van der Waals surface area contributed by atoms with Crippen LogP contribution in [0.25, 0.3) is 5.69 Å². The van der Waals surface area contributed by atoms with Gasteiger partial charge in [0, 0.05) is 5.56 Å². The normalized spacial score (nSPS) is 11.8. The Morgan fingerprint density at radius 1 is 1.35 bits per heavy atom. The van der Waals surface area contributed by atoms with Gasteiger partial charge in [0.2, 0.25) is 0 Å². The largest absolute Gasteiger partial charge is 0.409 e. The molecule has 0 bridgehead atoms. The van der Waals surface area contributed by atoms with E-state index in [1.807, 2.05) is 0 Å². The lowest BCUT2D eigenvalue weighted by atomic mass is 10.1. The van der Waals surface area contributed by atoms with Gasteiger partial charge in [-0.15, -0.1) is 0 Å². The first-order valence-electron chi connectivity index (χ1n) is 4.45. The molecular weight excluding hydrogens is 232 g/mol. The maximum atomic E-state index is 13.7. The Morgan fingerprint density at radius 2 is 2.00 bits per heavy atom. The maximum absolute atomic E-state index is 13.7. The molecule has 2 aromatic rings. The van der Waals surface area contributed by atoms with Crippen LogP contribution in [0.5, 0.6) is 0 Å². The first-order chi connectivity index (χ1) is 8.13. The van der Waals surface area contributed by atoms with Gasteiger partial charge in [0.15, 0.2) is 17.5 Å². The van der Waals surface area contributed by atoms with E-state index >= 15 is 0 Å². The van der Waals surface area contributed by atoms with E-state index in [4.69, 9.17) is 10.9 Å². The molecule has 1 heterocycles. The summed E-state index contributed by atoms with van der Waals surface area (Å²) in [7, 11) is 0. The maximum Gasteiger partial charge on any atom is 0.170 e. The van der Waals surface area contributed by atoms with E-state index < -0.39 is 11.6 Å². The lowest BCUT2D eigenvalue weighted by molar-refractivity contribution is 0.318. The number of hydrogen-bond donors (Lipinski definition) is 2. The predicted molar refractivity (Wildman–Crippen MR) is 53.8 cm³/mol. The number of oxime groups is 1. The van der Waals surface area contributed by atoms with Crippen LogP contribution >= 0.6 is 0 Å². The molecule has 0 saturated carbocycles. The number of nitrogens with two attached hydrogens (primary N) is 1. The molecule has 3 N–H and O–H groups in total. The molecule has 88 valence electrons. The van der Waals surface area contributed by atoms with Crippen molar-refractivity contribution >= 4 is 5.84 Å². The fourth-order valence-corrected chi connectivity index (χ4v) is 1.31. The van der Waals surface area contributed by atoms with E-state index in [0.29, 0.717) is 0 Å². The molecule has 0 spiro atoms. The second kappa shape index (κ2) is 4.16. The Hall–Kier alpha value is -2.51. The Morgan fingerprint density at radius 3 is 2.47 bits per heavy atom. The number of halogens is 2. The number of amidine groups is 1. The molecular formula is C9H7F2N5O. The van der Waals surface area contributed by atoms with Gasteiger partial charge in [-0.2, -0.15) is 5.10 Å². The molecule has 0 saturated heterocycles. The molecule has 0 atom stereocenters. The number of rotatable bonds is 2. The lowest BCUT2D eigenvalue weighted by Crippen LogP contribution is -2.15. The van der Waals surface area contributed by atoms with Crippen molar-refractivity contribution in [2.75, 3.05) is 0 Å². The molecule has 0 aliphatic heterocycles. The van der Waals surface area contributed by atoms with Crippen molar-refractivity contribution in [3.63, 3.8) is 0 Å². The molecule has 0 aliphatic carbocycles. The Kier molecular flexibility index (Phi) is 2.69. The Labute approximate surface area is 94.0 Å². The smallest absolute Gasteiger partial charge is 0.170 e. The van der Waals surface area contributed by atoms with Gasteiger partial charge in [-0.1, -0.05) is 5.16 Å². The fraction of sp³-hybridized carbons (Fsp3) is 0. The third kappa shape index (κ3) is 1.92. The highest BCUT2D eigenvalue weighted by molar-refractivity contribution is 5.97. The highest BCUT2D eigenvalue weighted by Gasteiger charge is 2.15. The van der Waals surface area contributed by atoms with Crippen LogP contribution in [-0.2, 0) is 0 Å². The van der Waals surface area contributed by atoms with Crippen molar-refractivity contribution in [1.29, 1.82) is 0 Å². The van der Waals surface area contributed by atoms with Crippen LogP contribution in [0.15, 0.2) is 29.9 Å². The summed E-state index contributed by atoms with van der Waals surface area (Å²) < 4.78 is 28.2. The number of aromatic nitrogens is 3. The Bertz CT molecular complexity index is 544.